The largest absolute Gasteiger partial charge is 0.370 e. The normalized spacial score (nSPS) is 21.3. The Morgan fingerprint density at radius 2 is 1.60 bits per heavy atom. The van der Waals surface area contributed by atoms with Crippen molar-refractivity contribution in [1.29, 1.82) is 0 Å². The van der Waals surface area contributed by atoms with Gasteiger partial charge in [0.1, 0.15) is 36.0 Å². The Kier molecular flexibility index (Phi) is 17.9. The third-order valence-electron chi connectivity index (χ3n) is 8.03. The Labute approximate surface area is 301 Å². The summed E-state index contributed by atoms with van der Waals surface area (Å²) in [6.07, 6.45) is 0.590. The minimum Gasteiger partial charge on any atom is -0.370 e. The second-order valence-corrected chi connectivity index (χ2v) is 12.9. The molecule has 0 aromatic heterocycles. The third-order valence-corrected chi connectivity index (χ3v) is 8.03. The van der Waals surface area contributed by atoms with Gasteiger partial charge in [-0.25, -0.2) is 4.39 Å². The summed E-state index contributed by atoms with van der Waals surface area (Å²) < 4.78 is 13.5. The molecule has 1 heterocycles. The summed E-state index contributed by atoms with van der Waals surface area (Å²) in [5.74, 6) is -5.93. The zero-order valence-corrected chi connectivity index (χ0v) is 29.5. The average molecular weight is 734 g/mol. The lowest BCUT2D eigenvalue weighted by atomic mass is 10.00. The molecule has 1 aromatic rings. The second-order valence-electron chi connectivity index (χ2n) is 12.9. The number of halogens is 1. The van der Waals surface area contributed by atoms with Crippen molar-refractivity contribution < 1.29 is 38.0 Å². The first-order valence-corrected chi connectivity index (χ1v) is 17.2. The second kappa shape index (κ2) is 21.8. The Morgan fingerprint density at radius 1 is 0.942 bits per heavy atom. The first kappa shape index (κ1) is 42.8. The van der Waals surface area contributed by atoms with Gasteiger partial charge in [0.2, 0.25) is 41.4 Å². The van der Waals surface area contributed by atoms with Crippen LogP contribution >= 0.6 is 0 Å². The monoisotopic (exact) mass is 733 g/mol. The van der Waals surface area contributed by atoms with E-state index in [1.165, 1.54) is 24.3 Å². The van der Waals surface area contributed by atoms with Crippen LogP contribution in [0.3, 0.4) is 0 Å². The summed E-state index contributed by atoms with van der Waals surface area (Å²) in [4.78, 5) is 95.5. The van der Waals surface area contributed by atoms with Crippen LogP contribution in [0.2, 0.25) is 0 Å². The summed E-state index contributed by atoms with van der Waals surface area (Å²) in [6.45, 7) is 3.47. The van der Waals surface area contributed by atoms with Crippen LogP contribution in [0.5, 0.6) is 0 Å². The van der Waals surface area contributed by atoms with E-state index in [0.717, 1.165) is 0 Å². The van der Waals surface area contributed by atoms with Gasteiger partial charge in [-0.15, -0.1) is 0 Å². The number of aliphatic imine (C=N–C) groups is 1. The Morgan fingerprint density at radius 3 is 2.21 bits per heavy atom. The molecule has 0 radical (unpaired) electrons. The number of carbonyl (C=O) groups is 7. The fourth-order valence-electron chi connectivity index (χ4n) is 5.33. The van der Waals surface area contributed by atoms with Crippen LogP contribution in [0, 0.1) is 11.7 Å². The van der Waals surface area contributed by atoms with E-state index in [0.29, 0.717) is 18.4 Å². The zero-order valence-electron chi connectivity index (χ0n) is 29.5. The van der Waals surface area contributed by atoms with Crippen LogP contribution in [0.25, 0.3) is 0 Å². The lowest BCUT2D eigenvalue weighted by molar-refractivity contribution is -0.135. The smallest absolute Gasteiger partial charge is 0.243 e. The summed E-state index contributed by atoms with van der Waals surface area (Å²) >= 11 is 0. The van der Waals surface area contributed by atoms with Gasteiger partial charge >= 0.3 is 0 Å². The number of benzene rings is 1. The van der Waals surface area contributed by atoms with Crippen LogP contribution in [-0.4, -0.2) is 97.2 Å². The molecule has 5 atom stereocenters. The number of nitrogens with one attached hydrogen (secondary N) is 6. The van der Waals surface area contributed by atoms with E-state index in [9.17, 15) is 38.0 Å². The molecule has 1 fully saturated rings. The predicted molar refractivity (Wildman–Crippen MR) is 189 cm³/mol. The van der Waals surface area contributed by atoms with Gasteiger partial charge in [-0.05, 0) is 62.1 Å². The highest BCUT2D eigenvalue weighted by Crippen LogP contribution is 2.12. The molecule has 7 amide bonds. The van der Waals surface area contributed by atoms with Crippen LogP contribution in [0.1, 0.15) is 64.4 Å². The molecular formula is C33H52FN11O7. The maximum Gasteiger partial charge on any atom is 0.243 e. The lowest BCUT2D eigenvalue weighted by Gasteiger charge is -2.27. The van der Waals surface area contributed by atoms with Crippen molar-refractivity contribution in [3.63, 3.8) is 0 Å². The molecule has 0 unspecified atom stereocenters. The van der Waals surface area contributed by atoms with Gasteiger partial charge in [0.15, 0.2) is 5.96 Å². The molecule has 18 nitrogen and oxygen atoms in total. The van der Waals surface area contributed by atoms with Gasteiger partial charge in [0.05, 0.1) is 13.0 Å². The maximum absolute atomic E-state index is 13.8. The van der Waals surface area contributed by atoms with Crippen LogP contribution in [0.15, 0.2) is 29.3 Å². The highest BCUT2D eigenvalue weighted by Gasteiger charge is 2.33. The molecule has 52 heavy (non-hydrogen) atoms. The third kappa shape index (κ3) is 15.7. The number of hydrogen-bond acceptors (Lipinski definition) is 9. The number of primary amides is 1. The molecule has 0 bridgehead atoms. The van der Waals surface area contributed by atoms with Crippen molar-refractivity contribution in [3.05, 3.63) is 35.6 Å². The number of nitrogens with zero attached hydrogens (tertiary/aromatic N) is 1. The van der Waals surface area contributed by atoms with Crippen LogP contribution in [0.4, 0.5) is 4.39 Å². The number of rotatable bonds is 13. The van der Waals surface area contributed by atoms with E-state index in [-0.39, 0.29) is 57.1 Å². The molecule has 19 heteroatoms. The summed E-state index contributed by atoms with van der Waals surface area (Å²) in [6, 6.07) is -0.874. The highest BCUT2D eigenvalue weighted by molar-refractivity contribution is 5.97. The molecule has 2 rings (SSSR count). The van der Waals surface area contributed by atoms with Crippen molar-refractivity contribution in [2.75, 3.05) is 19.6 Å². The highest BCUT2D eigenvalue weighted by atomic mass is 19.1. The molecule has 1 aliphatic heterocycles. The van der Waals surface area contributed by atoms with E-state index in [1.807, 2.05) is 13.8 Å². The maximum atomic E-state index is 13.8. The summed E-state index contributed by atoms with van der Waals surface area (Å²) in [7, 11) is 0. The van der Waals surface area contributed by atoms with Gasteiger partial charge in [0, 0.05) is 19.5 Å². The predicted octanol–water partition coefficient (Wildman–Crippen LogP) is -2.97. The van der Waals surface area contributed by atoms with E-state index in [1.54, 1.807) is 0 Å². The number of nitrogens with two attached hydrogens (primary N) is 4. The van der Waals surface area contributed by atoms with Gasteiger partial charge < -0.3 is 54.8 Å². The standard InChI is InChI=1S/C33H52FN11O7/c1-18(2)14-24-31(51)43-22(7-5-13-40-33(37)38)29(49)44-23(28(36)48)16-26(46)39-12-4-3-6-21(30(50)45-24)42-32(52)25(41-27(47)17-35)15-19-8-10-20(34)11-9-19/h8-11,18,21-25H,3-7,12-17,35H2,1-2H3,(H2,36,48)(H,39,46)(H,41,47)(H,42,52)(H,43,51)(H,44,49)(H,45,50)(H4,37,38,40)/t21-,22-,23-,24-,25-/m0/s1. The van der Waals surface area contributed by atoms with Crippen LogP contribution in [-0.2, 0) is 40.0 Å². The number of carbonyl (C=O) groups excluding carboxylic acids is 7. The van der Waals surface area contributed by atoms with E-state index in [2.05, 4.69) is 36.9 Å². The number of hydrogen-bond donors (Lipinski definition) is 10. The fraction of sp³-hybridized carbons (Fsp3) is 0.576. The summed E-state index contributed by atoms with van der Waals surface area (Å²) in [5, 5.41) is 15.6. The van der Waals surface area contributed by atoms with Gasteiger partial charge in [-0.3, -0.25) is 38.6 Å². The quantitative estimate of drug-likeness (QED) is 0.0558. The number of guanidine groups is 1. The fourth-order valence-corrected chi connectivity index (χ4v) is 5.33. The minimum atomic E-state index is -1.38. The van der Waals surface area contributed by atoms with Gasteiger partial charge in [0.25, 0.3) is 0 Å². The van der Waals surface area contributed by atoms with E-state index >= 15 is 0 Å². The first-order valence-electron chi connectivity index (χ1n) is 17.2. The van der Waals surface area contributed by atoms with Gasteiger partial charge in [-0.1, -0.05) is 26.0 Å². The van der Waals surface area contributed by atoms with Crippen LogP contribution < -0.4 is 54.8 Å². The molecule has 14 N–H and O–H groups in total. The topological polar surface area (TPSA) is 308 Å². The molecular weight excluding hydrogens is 681 g/mol. The molecule has 0 aliphatic carbocycles. The molecule has 1 aromatic carbocycles. The van der Waals surface area contributed by atoms with E-state index in [4.69, 9.17) is 22.9 Å². The number of amides is 7. The van der Waals surface area contributed by atoms with Crippen molar-refractivity contribution in [2.24, 2.45) is 33.8 Å². The average Bonchev–Trinajstić information content (AvgIpc) is 3.07. The van der Waals surface area contributed by atoms with Crippen molar-refractivity contribution in [2.45, 2.75) is 95.4 Å². The Bertz CT molecular complexity index is 1440. The summed E-state index contributed by atoms with van der Waals surface area (Å²) in [5.41, 5.74) is 22.3. The molecule has 288 valence electrons. The minimum absolute atomic E-state index is 0.0109. The van der Waals surface area contributed by atoms with Crippen molar-refractivity contribution in [1.82, 2.24) is 31.9 Å². The first-order chi connectivity index (χ1) is 24.6. The molecule has 1 saturated heterocycles. The SMILES string of the molecule is CC(C)C[C@@H]1NC(=O)[C@@H](NC(=O)[C@H](Cc2ccc(F)cc2)NC(=O)CN)CCCCNC(=O)C[C@@H](C(N)=O)NC(=O)[C@H](CCCN=C(N)N)NC1=O. The Balaban J connectivity index is 2.43. The van der Waals surface area contributed by atoms with Gasteiger partial charge in [-0.2, -0.15) is 0 Å². The van der Waals surface area contributed by atoms with E-state index < -0.39 is 90.3 Å². The lowest BCUT2D eigenvalue weighted by Crippen LogP contribution is -2.59. The van der Waals surface area contributed by atoms with Crippen molar-refractivity contribution >= 4 is 47.3 Å². The molecule has 1 aliphatic rings. The zero-order chi connectivity index (χ0) is 38.8. The molecule has 0 saturated carbocycles. The Hall–Kier alpha value is -5.33. The van der Waals surface area contributed by atoms with Crippen molar-refractivity contribution in [3.8, 4) is 0 Å². The molecule has 0 spiro atoms.